The molecule has 0 radical (unpaired) electrons. The summed E-state index contributed by atoms with van der Waals surface area (Å²) in [7, 11) is 0. The summed E-state index contributed by atoms with van der Waals surface area (Å²) >= 11 is 0. The molecule has 388 valence electrons. The van der Waals surface area contributed by atoms with Gasteiger partial charge in [-0.25, -0.2) is 0 Å². The highest BCUT2D eigenvalue weighted by atomic mass is 16.5. The van der Waals surface area contributed by atoms with Gasteiger partial charge in [0.25, 0.3) is 0 Å². The minimum atomic E-state index is -0.594. The van der Waals surface area contributed by atoms with Gasteiger partial charge in [0, 0.05) is 39.2 Å². The lowest BCUT2D eigenvalue weighted by Crippen LogP contribution is -2.32. The molecular formula is C80H51NO2. The number of benzene rings is 13. The highest BCUT2D eigenvalue weighted by molar-refractivity contribution is 5.95. The summed E-state index contributed by atoms with van der Waals surface area (Å²) in [6.45, 7) is 0. The van der Waals surface area contributed by atoms with Crippen molar-refractivity contribution in [1.29, 1.82) is 0 Å². The Hall–Kier alpha value is -10.7. The van der Waals surface area contributed by atoms with E-state index in [1.165, 1.54) is 61.2 Å². The Labute approximate surface area is 483 Å². The summed E-state index contributed by atoms with van der Waals surface area (Å²) in [6, 6.07) is 113. The molecule has 0 unspecified atom stereocenters. The van der Waals surface area contributed by atoms with Gasteiger partial charge in [-0.1, -0.05) is 237 Å². The highest BCUT2D eigenvalue weighted by Crippen LogP contribution is 2.64. The molecule has 0 saturated carbocycles. The molecule has 13 aromatic carbocycles. The summed E-state index contributed by atoms with van der Waals surface area (Å²) in [5, 5.41) is 0. The fourth-order valence-electron chi connectivity index (χ4n) is 14.5. The molecule has 2 aliphatic carbocycles. The first-order valence-electron chi connectivity index (χ1n) is 28.6. The molecular weight excluding hydrogens is 1010 g/mol. The lowest BCUT2D eigenvalue weighted by Gasteiger charge is -2.39. The molecule has 0 N–H and O–H groups in total. The first kappa shape index (κ1) is 47.1. The summed E-state index contributed by atoms with van der Waals surface area (Å²) in [4.78, 5) is 2.43. The SMILES string of the molecule is c1ccc(-c2cccc(-c3ccc(N(c4ccc(-c5ccc6c(c5)C5(c7ccccc7Oc7ccccc75)c5ccccc5-6)cc4)c4ccccc4-c4ccc5c(c4)C4(c6ccccc6Oc6ccccc64)c4ccccc4-5)cc3)c2)cc1. The number of anilines is 3. The molecule has 83 heavy (non-hydrogen) atoms. The number of nitrogens with zero attached hydrogens (tertiary/aromatic N) is 1. The van der Waals surface area contributed by atoms with Crippen LogP contribution >= 0.6 is 0 Å². The molecule has 0 aromatic heterocycles. The van der Waals surface area contributed by atoms with Gasteiger partial charge in [-0.3, -0.25) is 0 Å². The van der Waals surface area contributed by atoms with Crippen LogP contribution in [-0.4, -0.2) is 0 Å². The maximum atomic E-state index is 6.73. The van der Waals surface area contributed by atoms with Crippen molar-refractivity contribution in [3.63, 3.8) is 0 Å². The van der Waals surface area contributed by atoms with Gasteiger partial charge >= 0.3 is 0 Å². The summed E-state index contributed by atoms with van der Waals surface area (Å²) in [5.74, 6) is 3.55. The van der Waals surface area contributed by atoms with Gasteiger partial charge in [-0.15, -0.1) is 0 Å². The van der Waals surface area contributed by atoms with E-state index in [4.69, 9.17) is 9.47 Å². The largest absolute Gasteiger partial charge is 0.457 e. The van der Waals surface area contributed by atoms with E-state index >= 15 is 0 Å². The number of para-hydroxylation sites is 5. The Balaban J connectivity index is 0.820. The second kappa shape index (κ2) is 18.4. The van der Waals surface area contributed by atoms with E-state index in [1.54, 1.807) is 0 Å². The number of rotatable bonds is 7. The van der Waals surface area contributed by atoms with Crippen molar-refractivity contribution in [2.75, 3.05) is 4.90 Å². The van der Waals surface area contributed by atoms with E-state index in [2.05, 4.69) is 314 Å². The molecule has 0 saturated heterocycles. The van der Waals surface area contributed by atoms with Crippen LogP contribution in [0.15, 0.2) is 309 Å². The lowest BCUT2D eigenvalue weighted by molar-refractivity contribution is 0.436. The van der Waals surface area contributed by atoms with Crippen LogP contribution in [0.25, 0.3) is 66.8 Å². The van der Waals surface area contributed by atoms with E-state index in [9.17, 15) is 0 Å². The summed E-state index contributed by atoms with van der Waals surface area (Å²) in [5.41, 5.74) is 26.0. The Morgan fingerprint density at radius 2 is 0.530 bits per heavy atom. The smallest absolute Gasteiger partial charge is 0.132 e. The van der Waals surface area contributed by atoms with Gasteiger partial charge in [0.1, 0.15) is 23.0 Å². The topological polar surface area (TPSA) is 21.7 Å². The Morgan fingerprint density at radius 3 is 1.01 bits per heavy atom. The molecule has 2 aliphatic heterocycles. The first-order chi connectivity index (χ1) is 41.1. The fourth-order valence-corrected chi connectivity index (χ4v) is 14.5. The quantitative estimate of drug-likeness (QED) is 0.159. The second-order valence-corrected chi connectivity index (χ2v) is 22.2. The third-order valence-electron chi connectivity index (χ3n) is 18.0. The number of ether oxygens (including phenoxy) is 2. The normalized spacial score (nSPS) is 13.7. The van der Waals surface area contributed by atoms with Crippen LogP contribution in [0.1, 0.15) is 44.5 Å². The van der Waals surface area contributed by atoms with Crippen molar-refractivity contribution in [3.8, 4) is 89.8 Å². The predicted molar refractivity (Wildman–Crippen MR) is 338 cm³/mol. The van der Waals surface area contributed by atoms with Gasteiger partial charge in [-0.05, 0) is 156 Å². The van der Waals surface area contributed by atoms with Crippen molar-refractivity contribution >= 4 is 17.1 Å². The molecule has 2 heterocycles. The summed E-state index contributed by atoms with van der Waals surface area (Å²) < 4.78 is 13.4. The zero-order chi connectivity index (χ0) is 54.6. The molecule has 4 aliphatic rings. The monoisotopic (exact) mass is 1060 g/mol. The molecule has 3 heteroatoms. The average molecular weight is 1060 g/mol. The lowest BCUT2D eigenvalue weighted by atomic mass is 9.66. The van der Waals surface area contributed by atoms with Crippen LogP contribution in [-0.2, 0) is 10.8 Å². The van der Waals surface area contributed by atoms with Gasteiger partial charge < -0.3 is 14.4 Å². The maximum Gasteiger partial charge on any atom is 0.132 e. The number of hydrogen-bond donors (Lipinski definition) is 0. The van der Waals surface area contributed by atoms with Crippen molar-refractivity contribution < 1.29 is 9.47 Å². The Bertz CT molecular complexity index is 4660. The molecule has 0 amide bonds. The van der Waals surface area contributed by atoms with Crippen molar-refractivity contribution in [1.82, 2.24) is 0 Å². The first-order valence-corrected chi connectivity index (χ1v) is 28.6. The molecule has 3 nitrogen and oxygen atoms in total. The third kappa shape index (κ3) is 6.92. The molecule has 17 rings (SSSR count). The molecule has 2 spiro atoms. The zero-order valence-corrected chi connectivity index (χ0v) is 45.2. The van der Waals surface area contributed by atoms with Gasteiger partial charge in [0.2, 0.25) is 0 Å². The summed E-state index contributed by atoms with van der Waals surface area (Å²) in [6.07, 6.45) is 0. The van der Waals surface area contributed by atoms with Crippen LogP contribution < -0.4 is 14.4 Å². The fraction of sp³-hybridized carbons (Fsp3) is 0.0250. The number of hydrogen-bond acceptors (Lipinski definition) is 3. The van der Waals surface area contributed by atoms with Crippen LogP contribution in [0.2, 0.25) is 0 Å². The van der Waals surface area contributed by atoms with Crippen molar-refractivity contribution in [2.24, 2.45) is 0 Å². The van der Waals surface area contributed by atoms with Gasteiger partial charge in [-0.2, -0.15) is 0 Å². The standard InChI is InChI=1S/C80H51NO2/c1-2-19-52(20-3-1)55-21-18-22-56(49-55)53-37-43-59(44-38-53)81(60-45-39-54(40-46-60)57-41-47-64-62-24-4-7-26-66(62)79(72(64)50-57)68-28-9-14-33-75(68)82-76-34-15-10-29-69(76)79)74-32-13-6-23-61(74)58-42-48-65-63-25-5-8-27-67(63)80(73(65)51-58)70-30-11-16-35-77(70)83-78-36-17-12-31-71(78)80/h1-51H. The van der Waals surface area contributed by atoms with Crippen molar-refractivity contribution in [3.05, 3.63) is 354 Å². The molecule has 0 atom stereocenters. The van der Waals surface area contributed by atoms with E-state index in [-0.39, 0.29) is 0 Å². The molecule has 0 bridgehead atoms. The van der Waals surface area contributed by atoms with Crippen LogP contribution in [0.5, 0.6) is 23.0 Å². The average Bonchev–Trinajstić information content (AvgIpc) is 1.90. The Morgan fingerprint density at radius 1 is 0.205 bits per heavy atom. The zero-order valence-electron chi connectivity index (χ0n) is 45.2. The Kier molecular flexibility index (Phi) is 10.4. The van der Waals surface area contributed by atoms with Crippen LogP contribution in [0.3, 0.4) is 0 Å². The van der Waals surface area contributed by atoms with E-state index in [1.807, 2.05) is 0 Å². The van der Waals surface area contributed by atoms with E-state index in [0.717, 1.165) is 90.1 Å². The highest BCUT2D eigenvalue weighted by Gasteiger charge is 2.52. The number of fused-ring (bicyclic) bond motifs is 18. The molecule has 13 aromatic rings. The van der Waals surface area contributed by atoms with Crippen LogP contribution in [0.4, 0.5) is 17.1 Å². The second-order valence-electron chi connectivity index (χ2n) is 22.2. The van der Waals surface area contributed by atoms with E-state index in [0.29, 0.717) is 0 Å². The van der Waals surface area contributed by atoms with Crippen LogP contribution in [0, 0.1) is 0 Å². The minimum Gasteiger partial charge on any atom is -0.457 e. The minimum absolute atomic E-state index is 0.555. The third-order valence-corrected chi connectivity index (χ3v) is 18.0. The predicted octanol–water partition coefficient (Wildman–Crippen LogP) is 20.8. The maximum absolute atomic E-state index is 6.73. The van der Waals surface area contributed by atoms with Gasteiger partial charge in [0.15, 0.2) is 0 Å². The molecule has 0 fully saturated rings. The van der Waals surface area contributed by atoms with E-state index < -0.39 is 10.8 Å². The van der Waals surface area contributed by atoms with Crippen molar-refractivity contribution in [2.45, 2.75) is 10.8 Å². The van der Waals surface area contributed by atoms with Gasteiger partial charge in [0.05, 0.1) is 16.5 Å².